The molecule has 0 aliphatic carbocycles. The number of thiazole rings is 1. The van der Waals surface area contributed by atoms with E-state index in [-0.39, 0.29) is 18.2 Å². The van der Waals surface area contributed by atoms with Crippen LogP contribution in [0.5, 0.6) is 0 Å². The molecule has 6 heteroatoms. The Hall–Kier alpha value is -2.99. The maximum atomic E-state index is 12.3. The van der Waals surface area contributed by atoms with Gasteiger partial charge in [0, 0.05) is 11.1 Å². The van der Waals surface area contributed by atoms with Crippen LogP contribution in [0.4, 0.5) is 10.8 Å². The Morgan fingerprint density at radius 3 is 2.34 bits per heavy atom. The van der Waals surface area contributed by atoms with E-state index >= 15 is 0 Å². The predicted octanol–water partition coefficient (Wildman–Crippen LogP) is 4.85. The molecule has 3 aromatic rings. The molecule has 0 atom stereocenters. The molecule has 0 bridgehead atoms. The first-order chi connectivity index (χ1) is 14.1. The number of benzene rings is 2. The molecule has 0 fully saturated rings. The second-order valence-corrected chi connectivity index (χ2v) is 7.74. The third kappa shape index (κ3) is 6.84. The van der Waals surface area contributed by atoms with E-state index in [1.807, 2.05) is 42.5 Å². The quantitative estimate of drug-likeness (QED) is 0.533. The van der Waals surface area contributed by atoms with Crippen LogP contribution in [-0.2, 0) is 28.9 Å². The van der Waals surface area contributed by atoms with Gasteiger partial charge in [0.05, 0.1) is 18.5 Å². The van der Waals surface area contributed by atoms with Crippen molar-refractivity contribution in [2.75, 3.05) is 10.6 Å². The van der Waals surface area contributed by atoms with Crippen molar-refractivity contribution in [3.8, 4) is 0 Å². The Morgan fingerprint density at radius 1 is 0.897 bits per heavy atom. The zero-order chi connectivity index (χ0) is 20.5. The Bertz CT molecular complexity index is 936. The smallest absolute Gasteiger partial charge is 0.230 e. The first kappa shape index (κ1) is 20.7. The molecule has 0 aliphatic heterocycles. The van der Waals surface area contributed by atoms with E-state index in [4.69, 9.17) is 0 Å². The maximum absolute atomic E-state index is 12.3. The van der Waals surface area contributed by atoms with Gasteiger partial charge in [0.1, 0.15) is 0 Å². The summed E-state index contributed by atoms with van der Waals surface area (Å²) in [6.45, 7) is 2.17. The number of anilines is 2. The van der Waals surface area contributed by atoms with Gasteiger partial charge in [-0.1, -0.05) is 55.8 Å². The van der Waals surface area contributed by atoms with E-state index in [2.05, 4.69) is 34.7 Å². The standard InChI is InChI=1S/C23H25N3O2S/c1-2-3-7-17-10-12-19(13-11-17)24-22(28)15-20-16-29-23(25-20)26-21(27)14-18-8-5-4-6-9-18/h4-6,8-13,16H,2-3,7,14-15H2,1H3,(H,24,28)(H,25,26,27). The van der Waals surface area contributed by atoms with Crippen LogP contribution in [0.15, 0.2) is 60.0 Å². The zero-order valence-corrected chi connectivity index (χ0v) is 17.3. The molecule has 1 aromatic heterocycles. The van der Waals surface area contributed by atoms with Crippen LogP contribution in [0.2, 0.25) is 0 Å². The summed E-state index contributed by atoms with van der Waals surface area (Å²) in [4.78, 5) is 28.7. The second kappa shape index (κ2) is 10.5. The predicted molar refractivity (Wildman–Crippen MR) is 118 cm³/mol. The minimum atomic E-state index is -0.126. The van der Waals surface area contributed by atoms with Crippen LogP contribution in [0, 0.1) is 0 Å². The van der Waals surface area contributed by atoms with Gasteiger partial charge in [-0.15, -0.1) is 11.3 Å². The van der Waals surface area contributed by atoms with Crippen molar-refractivity contribution in [1.29, 1.82) is 0 Å². The van der Waals surface area contributed by atoms with Crippen molar-refractivity contribution in [2.45, 2.75) is 39.0 Å². The molecule has 2 amide bonds. The van der Waals surface area contributed by atoms with Gasteiger partial charge in [0.25, 0.3) is 0 Å². The summed E-state index contributed by atoms with van der Waals surface area (Å²) in [7, 11) is 0. The molecular weight excluding hydrogens is 382 g/mol. The second-order valence-electron chi connectivity index (χ2n) is 6.88. The lowest BCUT2D eigenvalue weighted by Gasteiger charge is -2.06. The Kier molecular flexibility index (Phi) is 7.53. The first-order valence-electron chi connectivity index (χ1n) is 9.79. The fraction of sp³-hybridized carbons (Fsp3) is 0.261. The highest BCUT2D eigenvalue weighted by atomic mass is 32.1. The number of unbranched alkanes of at least 4 members (excludes halogenated alkanes) is 1. The molecule has 150 valence electrons. The molecule has 0 aliphatic rings. The van der Waals surface area contributed by atoms with E-state index in [0.717, 1.165) is 17.7 Å². The SMILES string of the molecule is CCCCc1ccc(NC(=O)Cc2csc(NC(=O)Cc3ccccc3)n2)cc1. The third-order valence-corrected chi connectivity index (χ3v) is 5.21. The van der Waals surface area contributed by atoms with E-state index < -0.39 is 0 Å². The van der Waals surface area contributed by atoms with E-state index in [1.165, 1.54) is 29.7 Å². The summed E-state index contributed by atoms with van der Waals surface area (Å²) in [5, 5.41) is 7.99. The maximum Gasteiger partial charge on any atom is 0.230 e. The number of nitrogens with one attached hydrogen (secondary N) is 2. The largest absolute Gasteiger partial charge is 0.326 e. The zero-order valence-electron chi connectivity index (χ0n) is 16.5. The molecule has 3 rings (SSSR count). The van der Waals surface area contributed by atoms with Gasteiger partial charge in [-0.2, -0.15) is 0 Å². The van der Waals surface area contributed by atoms with Crippen LogP contribution in [-0.4, -0.2) is 16.8 Å². The monoisotopic (exact) mass is 407 g/mol. The van der Waals surface area contributed by atoms with Crippen molar-refractivity contribution >= 4 is 34.0 Å². The molecule has 29 heavy (non-hydrogen) atoms. The molecule has 0 radical (unpaired) electrons. The molecule has 0 unspecified atom stereocenters. The fourth-order valence-corrected chi connectivity index (χ4v) is 3.62. The molecule has 0 saturated carbocycles. The van der Waals surface area contributed by atoms with Gasteiger partial charge in [-0.25, -0.2) is 4.98 Å². The fourth-order valence-electron chi connectivity index (χ4n) is 2.90. The average molecular weight is 408 g/mol. The van der Waals surface area contributed by atoms with E-state index in [1.54, 1.807) is 5.38 Å². The molecule has 5 nitrogen and oxygen atoms in total. The number of amides is 2. The van der Waals surface area contributed by atoms with E-state index in [9.17, 15) is 9.59 Å². The highest BCUT2D eigenvalue weighted by molar-refractivity contribution is 7.13. The average Bonchev–Trinajstić information content (AvgIpc) is 3.14. The number of nitrogens with zero attached hydrogens (tertiary/aromatic N) is 1. The molecular formula is C23H25N3O2S. The summed E-state index contributed by atoms with van der Waals surface area (Å²) < 4.78 is 0. The van der Waals surface area contributed by atoms with Gasteiger partial charge in [-0.3, -0.25) is 9.59 Å². The normalized spacial score (nSPS) is 10.5. The lowest BCUT2D eigenvalue weighted by molar-refractivity contribution is -0.116. The van der Waals surface area contributed by atoms with Gasteiger partial charge in [0.15, 0.2) is 5.13 Å². The van der Waals surface area contributed by atoms with Crippen LogP contribution in [0.25, 0.3) is 0 Å². The summed E-state index contributed by atoms with van der Waals surface area (Å²) in [6, 6.07) is 17.5. The van der Waals surface area contributed by atoms with Gasteiger partial charge in [0.2, 0.25) is 11.8 Å². The summed E-state index contributed by atoms with van der Waals surface area (Å²) in [6.07, 6.45) is 3.86. The number of rotatable bonds is 9. The first-order valence-corrected chi connectivity index (χ1v) is 10.7. The van der Waals surface area contributed by atoms with Crippen LogP contribution in [0.1, 0.15) is 36.6 Å². The molecule has 0 spiro atoms. The third-order valence-electron chi connectivity index (χ3n) is 4.40. The Balaban J connectivity index is 1.47. The van der Waals surface area contributed by atoms with Gasteiger partial charge in [-0.05, 0) is 36.1 Å². The summed E-state index contributed by atoms with van der Waals surface area (Å²) in [5.41, 5.74) is 3.64. The highest BCUT2D eigenvalue weighted by Crippen LogP contribution is 2.17. The summed E-state index contributed by atoms with van der Waals surface area (Å²) in [5.74, 6) is -0.247. The van der Waals surface area contributed by atoms with Crippen LogP contribution < -0.4 is 10.6 Å². The van der Waals surface area contributed by atoms with Crippen molar-refractivity contribution in [3.05, 3.63) is 76.8 Å². The van der Waals surface area contributed by atoms with E-state index in [0.29, 0.717) is 17.2 Å². The van der Waals surface area contributed by atoms with Crippen molar-refractivity contribution < 1.29 is 9.59 Å². The van der Waals surface area contributed by atoms with Crippen molar-refractivity contribution in [3.63, 3.8) is 0 Å². The van der Waals surface area contributed by atoms with Crippen LogP contribution >= 0.6 is 11.3 Å². The van der Waals surface area contributed by atoms with Crippen LogP contribution in [0.3, 0.4) is 0 Å². The topological polar surface area (TPSA) is 71.1 Å². The summed E-state index contributed by atoms with van der Waals surface area (Å²) >= 11 is 1.32. The Morgan fingerprint density at radius 2 is 1.62 bits per heavy atom. The minimum Gasteiger partial charge on any atom is -0.326 e. The number of hydrogen-bond acceptors (Lipinski definition) is 4. The minimum absolute atomic E-state index is 0.121. The van der Waals surface area contributed by atoms with Gasteiger partial charge >= 0.3 is 0 Å². The van der Waals surface area contributed by atoms with Gasteiger partial charge < -0.3 is 10.6 Å². The van der Waals surface area contributed by atoms with Crippen molar-refractivity contribution in [2.24, 2.45) is 0 Å². The molecule has 0 saturated heterocycles. The lowest BCUT2D eigenvalue weighted by Crippen LogP contribution is -2.16. The highest BCUT2D eigenvalue weighted by Gasteiger charge is 2.11. The lowest BCUT2D eigenvalue weighted by atomic mass is 10.1. The number of carbonyl (C=O) groups excluding carboxylic acids is 2. The number of aromatic nitrogens is 1. The Labute approximate surface area is 175 Å². The molecule has 2 N–H and O–H groups in total. The molecule has 2 aromatic carbocycles. The number of hydrogen-bond donors (Lipinski definition) is 2. The number of carbonyl (C=O) groups is 2. The molecule has 1 heterocycles. The number of aryl methyl sites for hydroxylation is 1. The van der Waals surface area contributed by atoms with Crippen molar-refractivity contribution in [1.82, 2.24) is 4.98 Å².